The fourth-order valence-corrected chi connectivity index (χ4v) is 7.95. The van der Waals surface area contributed by atoms with E-state index in [-0.39, 0.29) is 0 Å². The molecule has 2 aliphatic rings. The van der Waals surface area contributed by atoms with Crippen molar-refractivity contribution in [2.45, 2.75) is 43.4 Å². The van der Waals surface area contributed by atoms with Gasteiger partial charge in [0.05, 0.1) is 8.07 Å². The monoisotopic (exact) mass is 169 g/mol. The van der Waals surface area contributed by atoms with Gasteiger partial charge in [-0.3, -0.25) is 0 Å². The molecule has 0 aliphatic carbocycles. The minimum Gasteiger partial charge on any atom is -0.317 e. The van der Waals surface area contributed by atoms with Crippen molar-refractivity contribution >= 4 is 8.07 Å². The van der Waals surface area contributed by atoms with Gasteiger partial charge in [-0.2, -0.15) is 0 Å². The number of hydrogen-bond donors (Lipinski definition) is 1. The molecule has 2 fully saturated rings. The molecule has 1 nitrogen and oxygen atoms in total. The average Bonchev–Trinajstić information content (AvgIpc) is 2.32. The van der Waals surface area contributed by atoms with Crippen LogP contribution in [0.15, 0.2) is 0 Å². The molecule has 2 aliphatic heterocycles. The van der Waals surface area contributed by atoms with Crippen LogP contribution in [0.3, 0.4) is 0 Å². The molecular formula is C9H19NSi. The van der Waals surface area contributed by atoms with Crippen molar-refractivity contribution in [2.75, 3.05) is 13.1 Å². The van der Waals surface area contributed by atoms with Gasteiger partial charge in [-0.05, 0) is 25.6 Å². The van der Waals surface area contributed by atoms with Gasteiger partial charge >= 0.3 is 0 Å². The molecule has 64 valence electrons. The van der Waals surface area contributed by atoms with Gasteiger partial charge in [0.25, 0.3) is 0 Å². The van der Waals surface area contributed by atoms with E-state index in [9.17, 15) is 0 Å². The molecule has 0 atom stereocenters. The summed E-state index contributed by atoms with van der Waals surface area (Å²) in [5.41, 5.74) is 0. The van der Waals surface area contributed by atoms with Gasteiger partial charge in [0.2, 0.25) is 0 Å². The van der Waals surface area contributed by atoms with Gasteiger partial charge in [0, 0.05) is 0 Å². The largest absolute Gasteiger partial charge is 0.317 e. The van der Waals surface area contributed by atoms with Gasteiger partial charge in [0.15, 0.2) is 0 Å². The molecule has 1 N–H and O–H groups in total. The first kappa shape index (κ1) is 7.81. The standard InChI is InChI=1S/C9H19NSi/c1-2-7-11(6-1)8-3-4-10-5-9-11/h10H,1-9H2. The molecule has 11 heavy (non-hydrogen) atoms. The second kappa shape index (κ2) is 3.28. The Hall–Kier alpha value is 0.177. The Morgan fingerprint density at radius 3 is 2.27 bits per heavy atom. The first-order valence-corrected chi connectivity index (χ1v) is 7.95. The number of nitrogens with one attached hydrogen (secondary N) is 1. The van der Waals surface area contributed by atoms with Gasteiger partial charge in [-0.25, -0.2) is 0 Å². The molecule has 0 unspecified atom stereocenters. The molecule has 0 aromatic rings. The first-order valence-electron chi connectivity index (χ1n) is 5.12. The van der Waals surface area contributed by atoms with Gasteiger partial charge < -0.3 is 5.32 Å². The van der Waals surface area contributed by atoms with Crippen LogP contribution in [0.2, 0.25) is 24.2 Å². The summed E-state index contributed by atoms with van der Waals surface area (Å²) in [5, 5.41) is 3.53. The molecule has 1 spiro atoms. The van der Waals surface area contributed by atoms with Gasteiger partial charge in [0.1, 0.15) is 0 Å². The lowest BCUT2D eigenvalue weighted by Crippen LogP contribution is -2.30. The first-order chi connectivity index (χ1) is 5.41. The second-order valence-corrected chi connectivity index (χ2v) is 9.31. The van der Waals surface area contributed by atoms with E-state index >= 15 is 0 Å². The van der Waals surface area contributed by atoms with E-state index in [2.05, 4.69) is 5.32 Å². The van der Waals surface area contributed by atoms with Crippen molar-refractivity contribution in [1.82, 2.24) is 5.32 Å². The van der Waals surface area contributed by atoms with Crippen LogP contribution < -0.4 is 5.32 Å². The van der Waals surface area contributed by atoms with E-state index in [1.165, 1.54) is 19.5 Å². The Morgan fingerprint density at radius 2 is 1.45 bits per heavy atom. The summed E-state index contributed by atoms with van der Waals surface area (Å²) in [6.07, 6.45) is 4.60. The highest BCUT2D eigenvalue weighted by Gasteiger charge is 2.35. The smallest absolute Gasteiger partial charge is 0.0548 e. The molecule has 2 heterocycles. The molecule has 0 amide bonds. The lowest BCUT2D eigenvalue weighted by atomic mass is 10.4. The van der Waals surface area contributed by atoms with Gasteiger partial charge in [-0.1, -0.05) is 31.0 Å². The van der Waals surface area contributed by atoms with E-state index in [1.54, 1.807) is 37.0 Å². The molecule has 0 aromatic carbocycles. The maximum atomic E-state index is 3.53. The van der Waals surface area contributed by atoms with Crippen molar-refractivity contribution in [1.29, 1.82) is 0 Å². The molecule has 0 saturated carbocycles. The third-order valence-corrected chi connectivity index (χ3v) is 9.11. The van der Waals surface area contributed by atoms with Crippen LogP contribution in [0.25, 0.3) is 0 Å². The van der Waals surface area contributed by atoms with Crippen molar-refractivity contribution in [3.05, 3.63) is 0 Å². The molecule has 0 bridgehead atoms. The Kier molecular flexibility index (Phi) is 2.32. The maximum Gasteiger partial charge on any atom is 0.0548 e. The Bertz CT molecular complexity index is 120. The van der Waals surface area contributed by atoms with E-state index in [4.69, 9.17) is 0 Å². The zero-order valence-corrected chi connectivity index (χ0v) is 8.36. The molecule has 2 heteroatoms. The molecular weight excluding hydrogens is 150 g/mol. The van der Waals surface area contributed by atoms with E-state index in [0.29, 0.717) is 0 Å². The zero-order valence-electron chi connectivity index (χ0n) is 7.36. The zero-order chi connectivity index (χ0) is 7.57. The Morgan fingerprint density at radius 1 is 0.727 bits per heavy atom. The van der Waals surface area contributed by atoms with Crippen LogP contribution in [0, 0.1) is 0 Å². The second-order valence-electron chi connectivity index (χ2n) is 4.31. The van der Waals surface area contributed by atoms with Crippen LogP contribution in [-0.2, 0) is 0 Å². The van der Waals surface area contributed by atoms with Crippen molar-refractivity contribution in [3.63, 3.8) is 0 Å². The van der Waals surface area contributed by atoms with Gasteiger partial charge in [-0.15, -0.1) is 0 Å². The Labute approximate surface area is 70.6 Å². The lowest BCUT2D eigenvalue weighted by molar-refractivity contribution is 0.720. The topological polar surface area (TPSA) is 12.0 Å². The number of hydrogen-bond acceptors (Lipinski definition) is 1. The summed E-state index contributed by atoms with van der Waals surface area (Å²) in [7, 11) is -0.632. The summed E-state index contributed by atoms with van der Waals surface area (Å²) in [6, 6.07) is 6.55. The quantitative estimate of drug-likeness (QED) is 0.548. The molecule has 0 radical (unpaired) electrons. The molecule has 2 saturated heterocycles. The van der Waals surface area contributed by atoms with Crippen molar-refractivity contribution in [2.24, 2.45) is 0 Å². The lowest BCUT2D eigenvalue weighted by Gasteiger charge is -2.23. The van der Waals surface area contributed by atoms with Crippen LogP contribution in [0.5, 0.6) is 0 Å². The normalized spacial score (nSPS) is 30.5. The summed E-state index contributed by atoms with van der Waals surface area (Å²) >= 11 is 0. The Balaban J connectivity index is 1.97. The van der Waals surface area contributed by atoms with Crippen molar-refractivity contribution < 1.29 is 0 Å². The minimum atomic E-state index is -0.632. The summed E-state index contributed by atoms with van der Waals surface area (Å²) < 4.78 is 0. The van der Waals surface area contributed by atoms with Crippen LogP contribution in [-0.4, -0.2) is 21.2 Å². The fourth-order valence-electron chi connectivity index (χ4n) is 2.82. The maximum absolute atomic E-state index is 3.53. The third kappa shape index (κ3) is 1.67. The summed E-state index contributed by atoms with van der Waals surface area (Å²) in [5.74, 6) is 0. The van der Waals surface area contributed by atoms with E-state index in [1.807, 2.05) is 0 Å². The van der Waals surface area contributed by atoms with Crippen molar-refractivity contribution in [3.8, 4) is 0 Å². The summed E-state index contributed by atoms with van der Waals surface area (Å²) in [4.78, 5) is 0. The highest BCUT2D eigenvalue weighted by molar-refractivity contribution is 6.80. The molecule has 2 rings (SSSR count). The average molecular weight is 169 g/mol. The fraction of sp³-hybridized carbons (Fsp3) is 1.00. The highest BCUT2D eigenvalue weighted by Crippen LogP contribution is 2.37. The predicted octanol–water partition coefficient (Wildman–Crippen LogP) is 2.22. The van der Waals surface area contributed by atoms with E-state index in [0.717, 1.165) is 0 Å². The predicted molar refractivity (Wildman–Crippen MR) is 51.7 cm³/mol. The van der Waals surface area contributed by atoms with Crippen LogP contribution in [0.1, 0.15) is 19.3 Å². The van der Waals surface area contributed by atoms with Crippen LogP contribution in [0.4, 0.5) is 0 Å². The third-order valence-electron chi connectivity index (χ3n) is 3.56. The van der Waals surface area contributed by atoms with E-state index < -0.39 is 8.07 Å². The minimum absolute atomic E-state index is 0.632. The molecule has 0 aromatic heterocycles. The summed E-state index contributed by atoms with van der Waals surface area (Å²) in [6.45, 7) is 2.64. The SMILES string of the molecule is C1CC[Si]2(C1)CCCNCC2. The number of rotatable bonds is 0. The van der Waals surface area contributed by atoms with Crippen LogP contribution >= 0.6 is 0 Å². The highest BCUT2D eigenvalue weighted by atomic mass is 28.3.